The summed E-state index contributed by atoms with van der Waals surface area (Å²) in [5.41, 5.74) is 1.07. The van der Waals surface area contributed by atoms with Crippen LogP contribution in [0.25, 0.3) is 0 Å². The molecule has 0 aliphatic carbocycles. The topological polar surface area (TPSA) is 56.1 Å². The first-order chi connectivity index (χ1) is 11.5. The van der Waals surface area contributed by atoms with Crippen LogP contribution in [-0.2, 0) is 4.79 Å². The van der Waals surface area contributed by atoms with Gasteiger partial charge in [-0.05, 0) is 42.5 Å². The number of nitrogens with zero attached hydrogens (tertiary/aromatic N) is 2. The van der Waals surface area contributed by atoms with E-state index >= 15 is 0 Å². The van der Waals surface area contributed by atoms with Crippen molar-refractivity contribution in [2.24, 2.45) is 0 Å². The monoisotopic (exact) mass is 347 g/mol. The molecule has 2 atom stereocenters. The molecule has 1 aromatic carbocycles. The van der Waals surface area contributed by atoms with Crippen LogP contribution in [0.4, 0.5) is 13.8 Å². The van der Waals surface area contributed by atoms with Gasteiger partial charge in [0.25, 0.3) is 0 Å². The van der Waals surface area contributed by atoms with Crippen LogP contribution in [0.1, 0.15) is 30.5 Å². The van der Waals surface area contributed by atoms with Crippen LogP contribution in [-0.4, -0.2) is 18.5 Å². The maximum Gasteiger partial charge on any atom is 0.244 e. The Hall–Kier alpha value is -2.30. The molecule has 0 saturated carbocycles. The Morgan fingerprint density at radius 2 is 2.17 bits per heavy atom. The maximum atomic E-state index is 13.4. The van der Waals surface area contributed by atoms with Gasteiger partial charge in [0.15, 0.2) is 11.6 Å². The lowest BCUT2D eigenvalue weighted by Crippen LogP contribution is -2.39. The van der Waals surface area contributed by atoms with E-state index in [0.717, 1.165) is 12.1 Å². The van der Waals surface area contributed by atoms with Crippen LogP contribution in [0, 0.1) is 23.0 Å². The summed E-state index contributed by atoms with van der Waals surface area (Å²) in [5, 5.41) is 14.7. The second-order valence-corrected chi connectivity index (χ2v) is 6.54. The van der Waals surface area contributed by atoms with E-state index in [0.29, 0.717) is 29.1 Å². The van der Waals surface area contributed by atoms with Crippen molar-refractivity contribution in [3.8, 4) is 6.07 Å². The van der Waals surface area contributed by atoms with Crippen LogP contribution < -0.4 is 10.2 Å². The number of halogens is 2. The Labute approximate surface area is 142 Å². The Kier molecular flexibility index (Phi) is 4.60. The second-order valence-electron chi connectivity index (χ2n) is 5.64. The van der Waals surface area contributed by atoms with Gasteiger partial charge in [0, 0.05) is 12.6 Å². The highest BCUT2D eigenvalue weighted by molar-refractivity contribution is 7.14. The SMILES string of the molecule is C[C@@H](N[C@H]1CCN(c2sccc2C#N)C1=O)c1ccc(F)c(F)c1. The summed E-state index contributed by atoms with van der Waals surface area (Å²) in [6, 6.07) is 6.78. The molecule has 1 amide bonds. The van der Waals surface area contributed by atoms with E-state index < -0.39 is 17.7 Å². The first kappa shape index (κ1) is 16.6. The summed E-state index contributed by atoms with van der Waals surface area (Å²) in [7, 11) is 0. The predicted molar refractivity (Wildman–Crippen MR) is 87.7 cm³/mol. The van der Waals surface area contributed by atoms with Crippen LogP contribution >= 0.6 is 11.3 Å². The van der Waals surface area contributed by atoms with Gasteiger partial charge in [0.1, 0.15) is 11.1 Å². The van der Waals surface area contributed by atoms with Gasteiger partial charge in [-0.25, -0.2) is 8.78 Å². The molecule has 1 fully saturated rings. The number of hydrogen-bond donors (Lipinski definition) is 1. The first-order valence-corrected chi connectivity index (χ1v) is 8.39. The van der Waals surface area contributed by atoms with Gasteiger partial charge in [0.2, 0.25) is 5.91 Å². The number of carbonyl (C=O) groups excluding carboxylic acids is 1. The molecule has 3 rings (SSSR count). The van der Waals surface area contributed by atoms with Crippen molar-refractivity contribution in [1.29, 1.82) is 5.26 Å². The Morgan fingerprint density at radius 1 is 1.38 bits per heavy atom. The molecule has 0 radical (unpaired) electrons. The van der Waals surface area contributed by atoms with E-state index in [2.05, 4.69) is 11.4 Å². The molecule has 4 nitrogen and oxygen atoms in total. The standard InChI is InChI=1S/C17H15F2N3OS/c1-10(11-2-3-13(18)14(19)8-11)21-15-4-6-22(16(15)23)17-12(9-20)5-7-24-17/h2-3,5,7-8,10,15,21H,4,6H2,1H3/t10-,15+/m1/s1. The molecule has 2 aromatic rings. The number of nitrogens with one attached hydrogen (secondary N) is 1. The van der Waals surface area contributed by atoms with Crippen LogP contribution in [0.2, 0.25) is 0 Å². The van der Waals surface area contributed by atoms with Gasteiger partial charge in [0.05, 0.1) is 11.6 Å². The number of benzene rings is 1. The van der Waals surface area contributed by atoms with Gasteiger partial charge in [-0.2, -0.15) is 5.26 Å². The van der Waals surface area contributed by atoms with E-state index in [1.165, 1.54) is 17.4 Å². The van der Waals surface area contributed by atoms with Gasteiger partial charge in [-0.1, -0.05) is 6.07 Å². The Balaban J connectivity index is 1.72. The molecule has 0 bridgehead atoms. The van der Waals surface area contributed by atoms with Crippen molar-refractivity contribution in [3.63, 3.8) is 0 Å². The smallest absolute Gasteiger partial charge is 0.244 e. The summed E-state index contributed by atoms with van der Waals surface area (Å²) in [6.07, 6.45) is 0.593. The number of thiophene rings is 1. The number of rotatable bonds is 4. The zero-order chi connectivity index (χ0) is 17.3. The summed E-state index contributed by atoms with van der Waals surface area (Å²) in [4.78, 5) is 14.2. The van der Waals surface area contributed by atoms with Gasteiger partial charge in [-0.15, -0.1) is 11.3 Å². The lowest BCUT2D eigenvalue weighted by molar-refractivity contribution is -0.118. The summed E-state index contributed by atoms with van der Waals surface area (Å²) < 4.78 is 26.4. The van der Waals surface area contributed by atoms with E-state index in [1.807, 2.05) is 0 Å². The number of amides is 1. The van der Waals surface area contributed by atoms with Crippen molar-refractivity contribution in [1.82, 2.24) is 5.32 Å². The first-order valence-electron chi connectivity index (χ1n) is 7.51. The Bertz CT molecular complexity index is 814. The van der Waals surface area contributed by atoms with Crippen molar-refractivity contribution in [3.05, 3.63) is 52.4 Å². The zero-order valence-electron chi connectivity index (χ0n) is 12.9. The summed E-state index contributed by atoms with van der Waals surface area (Å²) >= 11 is 1.36. The normalized spacial score (nSPS) is 18.7. The average Bonchev–Trinajstić information content (AvgIpc) is 3.17. The molecule has 24 heavy (non-hydrogen) atoms. The molecule has 1 aromatic heterocycles. The number of anilines is 1. The van der Waals surface area contributed by atoms with Gasteiger partial charge in [-0.3, -0.25) is 10.1 Å². The molecule has 0 unspecified atom stereocenters. The zero-order valence-corrected chi connectivity index (χ0v) is 13.7. The average molecular weight is 347 g/mol. The fourth-order valence-electron chi connectivity index (χ4n) is 2.81. The van der Waals surface area contributed by atoms with E-state index in [9.17, 15) is 13.6 Å². The number of hydrogen-bond acceptors (Lipinski definition) is 4. The molecular formula is C17H15F2N3OS. The molecule has 0 spiro atoms. The maximum absolute atomic E-state index is 13.4. The van der Waals surface area contributed by atoms with E-state index in [1.54, 1.807) is 23.3 Å². The molecule has 1 N–H and O–H groups in total. The Morgan fingerprint density at radius 3 is 2.88 bits per heavy atom. The minimum absolute atomic E-state index is 0.108. The molecule has 1 aliphatic rings. The van der Waals surface area contributed by atoms with Crippen molar-refractivity contribution < 1.29 is 13.6 Å². The van der Waals surface area contributed by atoms with Crippen molar-refractivity contribution in [2.75, 3.05) is 11.4 Å². The third kappa shape index (κ3) is 3.03. The van der Waals surface area contributed by atoms with Gasteiger partial charge < -0.3 is 4.90 Å². The quantitative estimate of drug-likeness (QED) is 0.923. The largest absolute Gasteiger partial charge is 0.301 e. The highest BCUT2D eigenvalue weighted by Crippen LogP contribution is 2.31. The van der Waals surface area contributed by atoms with E-state index in [4.69, 9.17) is 5.26 Å². The lowest BCUT2D eigenvalue weighted by Gasteiger charge is -2.20. The summed E-state index contributed by atoms with van der Waals surface area (Å²) in [5.74, 6) is -1.91. The number of carbonyl (C=O) groups is 1. The molecule has 124 valence electrons. The molecule has 1 aliphatic heterocycles. The van der Waals surface area contributed by atoms with Crippen molar-refractivity contribution in [2.45, 2.75) is 25.4 Å². The predicted octanol–water partition coefficient (Wildman–Crippen LogP) is 3.35. The van der Waals surface area contributed by atoms with Gasteiger partial charge >= 0.3 is 0 Å². The highest BCUT2D eigenvalue weighted by Gasteiger charge is 2.35. The third-order valence-corrected chi connectivity index (χ3v) is 5.05. The van der Waals surface area contributed by atoms with Crippen LogP contribution in [0.3, 0.4) is 0 Å². The molecular weight excluding hydrogens is 332 g/mol. The lowest BCUT2D eigenvalue weighted by atomic mass is 10.1. The molecule has 1 saturated heterocycles. The fraction of sp³-hybridized carbons (Fsp3) is 0.294. The van der Waals surface area contributed by atoms with E-state index in [-0.39, 0.29) is 11.9 Å². The second kappa shape index (κ2) is 6.67. The minimum atomic E-state index is -0.905. The fourth-order valence-corrected chi connectivity index (χ4v) is 3.69. The molecule has 2 heterocycles. The highest BCUT2D eigenvalue weighted by atomic mass is 32.1. The minimum Gasteiger partial charge on any atom is -0.301 e. The van der Waals surface area contributed by atoms with Crippen LogP contribution in [0.5, 0.6) is 0 Å². The molecule has 7 heteroatoms. The summed E-state index contributed by atoms with van der Waals surface area (Å²) in [6.45, 7) is 2.32. The number of nitriles is 1. The van der Waals surface area contributed by atoms with Crippen molar-refractivity contribution >= 4 is 22.2 Å². The third-order valence-electron chi connectivity index (χ3n) is 4.11. The van der Waals surface area contributed by atoms with Crippen LogP contribution in [0.15, 0.2) is 29.6 Å².